The van der Waals surface area contributed by atoms with E-state index in [2.05, 4.69) is 46.4 Å². The Hall–Kier alpha value is -4.02. The molecule has 0 aliphatic carbocycles. The van der Waals surface area contributed by atoms with Crippen LogP contribution in [0.4, 0.5) is 5.13 Å². The number of oxime groups is 1. The number of nitrogen functional groups attached to an aromatic ring is 1. The number of thiazole rings is 2. The zero-order chi connectivity index (χ0) is 27.2. The standard InChI is InChI=1S/C31H24N4O2S3/c32-29-33-27(21-38-29)26(20-36-40-30-34-25-18-10-11-19-28(25)39-30)35-37-31(22-12-4-1-5-13-22,23-14-6-2-7-15-23)24-16-8-3-9-17-24/h1-19,21H,20H2,(H2,32,33)/b35-26-. The van der Waals surface area contributed by atoms with E-state index in [1.807, 2.05) is 84.2 Å². The molecule has 0 bridgehead atoms. The zero-order valence-electron chi connectivity index (χ0n) is 21.2. The molecule has 4 aromatic carbocycles. The lowest BCUT2D eigenvalue weighted by Gasteiger charge is -2.33. The number of fused-ring (bicyclic) bond motifs is 1. The van der Waals surface area contributed by atoms with Gasteiger partial charge in [-0.05, 0) is 12.1 Å². The Morgan fingerprint density at radius 3 is 1.90 bits per heavy atom. The second-order valence-electron chi connectivity index (χ2n) is 8.77. The van der Waals surface area contributed by atoms with Crippen LogP contribution in [0.15, 0.2) is 130 Å². The molecule has 0 aliphatic rings. The summed E-state index contributed by atoms with van der Waals surface area (Å²) in [7, 11) is 0. The monoisotopic (exact) mass is 580 g/mol. The lowest BCUT2D eigenvalue weighted by Crippen LogP contribution is -2.32. The van der Waals surface area contributed by atoms with Crippen LogP contribution >= 0.6 is 34.7 Å². The second-order valence-corrected chi connectivity index (χ2v) is 11.7. The van der Waals surface area contributed by atoms with Crippen LogP contribution in [0.25, 0.3) is 10.2 Å². The lowest BCUT2D eigenvalue weighted by atomic mass is 9.80. The Kier molecular flexibility index (Phi) is 7.87. The van der Waals surface area contributed by atoms with Crippen LogP contribution in [-0.4, -0.2) is 22.3 Å². The molecule has 0 atom stereocenters. The summed E-state index contributed by atoms with van der Waals surface area (Å²) in [5, 5.41) is 7.04. The summed E-state index contributed by atoms with van der Waals surface area (Å²) in [6, 6.07) is 38.3. The van der Waals surface area contributed by atoms with Gasteiger partial charge >= 0.3 is 0 Å². The average Bonchev–Trinajstić information content (AvgIpc) is 3.64. The maximum absolute atomic E-state index is 6.67. The third kappa shape index (κ3) is 5.50. The van der Waals surface area contributed by atoms with E-state index >= 15 is 0 Å². The van der Waals surface area contributed by atoms with Gasteiger partial charge in [-0.1, -0.05) is 108 Å². The van der Waals surface area contributed by atoms with E-state index in [1.165, 1.54) is 23.4 Å². The Morgan fingerprint density at radius 1 is 0.775 bits per heavy atom. The normalized spacial score (nSPS) is 12.1. The minimum atomic E-state index is -1.02. The van der Waals surface area contributed by atoms with Crippen LogP contribution in [0.1, 0.15) is 22.4 Å². The molecule has 6 rings (SSSR count). The van der Waals surface area contributed by atoms with Crippen molar-refractivity contribution in [3.05, 3.63) is 143 Å². The Morgan fingerprint density at radius 2 is 1.35 bits per heavy atom. The van der Waals surface area contributed by atoms with Crippen molar-refractivity contribution in [1.29, 1.82) is 0 Å². The van der Waals surface area contributed by atoms with Crippen molar-refractivity contribution in [3.8, 4) is 0 Å². The van der Waals surface area contributed by atoms with Crippen molar-refractivity contribution >= 4 is 55.8 Å². The number of anilines is 1. The quantitative estimate of drug-likeness (QED) is 0.0771. The molecular weight excluding hydrogens is 557 g/mol. The number of nitrogens with two attached hydrogens (primary N) is 1. The Bertz CT molecular complexity index is 1590. The van der Waals surface area contributed by atoms with Crippen LogP contribution in [0.2, 0.25) is 0 Å². The summed E-state index contributed by atoms with van der Waals surface area (Å²) < 4.78 is 7.95. The van der Waals surface area contributed by atoms with Crippen molar-refractivity contribution < 1.29 is 9.02 Å². The third-order valence-electron chi connectivity index (χ3n) is 6.25. The molecule has 2 aromatic heterocycles. The van der Waals surface area contributed by atoms with E-state index < -0.39 is 5.60 Å². The summed E-state index contributed by atoms with van der Waals surface area (Å²) in [4.78, 5) is 15.8. The number of hydrogen-bond acceptors (Lipinski definition) is 9. The van der Waals surface area contributed by atoms with Crippen molar-refractivity contribution in [3.63, 3.8) is 0 Å². The first kappa shape index (κ1) is 26.2. The Balaban J connectivity index is 1.38. The average molecular weight is 581 g/mol. The van der Waals surface area contributed by atoms with E-state index in [9.17, 15) is 0 Å². The molecule has 0 fully saturated rings. The maximum atomic E-state index is 6.67. The van der Waals surface area contributed by atoms with Gasteiger partial charge in [-0.3, -0.25) is 0 Å². The first-order chi connectivity index (χ1) is 19.7. The molecule has 6 nitrogen and oxygen atoms in total. The highest BCUT2D eigenvalue weighted by molar-refractivity contribution is 7.96. The highest BCUT2D eigenvalue weighted by Crippen LogP contribution is 2.41. The minimum absolute atomic E-state index is 0.137. The molecule has 0 unspecified atom stereocenters. The first-order valence-corrected chi connectivity index (χ1v) is 14.9. The van der Waals surface area contributed by atoms with Crippen molar-refractivity contribution in [2.45, 2.75) is 9.94 Å². The molecule has 2 N–H and O–H groups in total. The van der Waals surface area contributed by atoms with E-state index in [0.717, 1.165) is 31.2 Å². The fourth-order valence-electron chi connectivity index (χ4n) is 4.39. The van der Waals surface area contributed by atoms with Gasteiger partial charge in [0.2, 0.25) is 5.60 Å². The van der Waals surface area contributed by atoms with Crippen LogP contribution in [0.5, 0.6) is 0 Å². The van der Waals surface area contributed by atoms with Crippen molar-refractivity contribution in [2.75, 3.05) is 12.3 Å². The van der Waals surface area contributed by atoms with Gasteiger partial charge in [0.15, 0.2) is 9.47 Å². The molecule has 6 aromatic rings. The van der Waals surface area contributed by atoms with Crippen LogP contribution < -0.4 is 5.73 Å². The van der Waals surface area contributed by atoms with E-state index in [1.54, 1.807) is 11.3 Å². The molecule has 0 aliphatic heterocycles. The molecule has 0 saturated heterocycles. The van der Waals surface area contributed by atoms with E-state index in [-0.39, 0.29) is 6.61 Å². The molecular formula is C31H24N4O2S3. The number of para-hydroxylation sites is 1. The lowest BCUT2D eigenvalue weighted by molar-refractivity contribution is 0.0166. The van der Waals surface area contributed by atoms with Crippen molar-refractivity contribution in [1.82, 2.24) is 9.97 Å². The van der Waals surface area contributed by atoms with Gasteiger partial charge in [0, 0.05) is 22.1 Å². The molecule has 2 heterocycles. The fourth-order valence-corrected chi connectivity index (χ4v) is 6.62. The van der Waals surface area contributed by atoms with Gasteiger partial charge in [0.1, 0.15) is 18.0 Å². The number of benzene rings is 4. The maximum Gasteiger partial charge on any atom is 0.212 e. The second kappa shape index (κ2) is 12.0. The van der Waals surface area contributed by atoms with Gasteiger partial charge in [0.05, 0.1) is 22.3 Å². The fraction of sp³-hybridized carbons (Fsp3) is 0.0645. The number of nitrogens with zero attached hydrogens (tertiary/aromatic N) is 3. The predicted molar refractivity (Wildman–Crippen MR) is 165 cm³/mol. The first-order valence-electron chi connectivity index (χ1n) is 12.5. The van der Waals surface area contributed by atoms with Gasteiger partial charge < -0.3 is 14.8 Å². The van der Waals surface area contributed by atoms with E-state index in [4.69, 9.17) is 19.9 Å². The molecule has 9 heteroatoms. The smallest absolute Gasteiger partial charge is 0.212 e. The highest BCUT2D eigenvalue weighted by atomic mass is 32.2. The van der Waals surface area contributed by atoms with Gasteiger partial charge in [-0.25, -0.2) is 9.97 Å². The Labute approximate surface area is 244 Å². The minimum Gasteiger partial charge on any atom is -0.375 e. The number of aromatic nitrogens is 2. The van der Waals surface area contributed by atoms with Crippen molar-refractivity contribution in [2.24, 2.45) is 5.16 Å². The predicted octanol–water partition coefficient (Wildman–Crippen LogP) is 7.77. The summed E-state index contributed by atoms with van der Waals surface area (Å²) in [5.41, 5.74) is 9.88. The van der Waals surface area contributed by atoms with Crippen LogP contribution in [0, 0.1) is 0 Å². The molecule has 40 heavy (non-hydrogen) atoms. The molecule has 0 spiro atoms. The molecule has 0 radical (unpaired) electrons. The molecule has 0 saturated carbocycles. The number of hydrogen-bond donors (Lipinski definition) is 1. The third-order valence-corrected chi connectivity index (χ3v) is 8.68. The largest absolute Gasteiger partial charge is 0.375 e. The summed E-state index contributed by atoms with van der Waals surface area (Å²) >= 11 is 4.14. The molecule has 0 amide bonds. The van der Waals surface area contributed by atoms with Crippen LogP contribution in [-0.2, 0) is 14.6 Å². The topological polar surface area (TPSA) is 82.6 Å². The summed E-state index contributed by atoms with van der Waals surface area (Å²) in [5.74, 6) is 0. The van der Waals surface area contributed by atoms with Gasteiger partial charge in [-0.15, -0.1) is 22.7 Å². The van der Waals surface area contributed by atoms with E-state index in [0.29, 0.717) is 16.5 Å². The molecule has 198 valence electrons. The van der Waals surface area contributed by atoms with Gasteiger partial charge in [-0.2, -0.15) is 0 Å². The SMILES string of the molecule is Nc1nc(/C(COSc2nc3ccccc3s2)=N\OC(c2ccccc2)(c2ccccc2)c2ccccc2)cs1. The van der Waals surface area contributed by atoms with Gasteiger partial charge in [0.25, 0.3) is 0 Å². The van der Waals surface area contributed by atoms with Crippen LogP contribution in [0.3, 0.4) is 0 Å². The highest BCUT2D eigenvalue weighted by Gasteiger charge is 2.39. The number of rotatable bonds is 10. The zero-order valence-corrected chi connectivity index (χ0v) is 23.7. The summed E-state index contributed by atoms with van der Waals surface area (Å²) in [6.45, 7) is 0.137. The summed E-state index contributed by atoms with van der Waals surface area (Å²) in [6.07, 6.45) is 0.